The van der Waals surface area contributed by atoms with Crippen LogP contribution in [-0.2, 0) is 9.59 Å². The zero-order chi connectivity index (χ0) is 25.7. The van der Waals surface area contributed by atoms with Crippen molar-refractivity contribution < 1.29 is 28.9 Å². The number of aliphatic hydroxyl groups is 1. The van der Waals surface area contributed by atoms with Crippen molar-refractivity contribution in [2.45, 2.75) is 32.4 Å². The van der Waals surface area contributed by atoms with Gasteiger partial charge in [0.05, 0.1) is 31.9 Å². The van der Waals surface area contributed by atoms with E-state index in [1.807, 2.05) is 32.8 Å². The first-order valence-corrected chi connectivity index (χ1v) is 11.6. The topological polar surface area (TPSA) is 88.5 Å². The monoisotopic (exact) mass is 482 g/mol. The smallest absolute Gasteiger partial charge is 0.295 e. The van der Waals surface area contributed by atoms with Gasteiger partial charge in [0.1, 0.15) is 11.5 Å². The Kier molecular flexibility index (Phi) is 8.40. The number of hydrogen-bond donors (Lipinski definition) is 1. The first-order valence-electron chi connectivity index (χ1n) is 11.6. The Balaban J connectivity index is 2.09. The van der Waals surface area contributed by atoms with Gasteiger partial charge in [0.2, 0.25) is 0 Å². The molecule has 1 aliphatic rings. The summed E-state index contributed by atoms with van der Waals surface area (Å²) in [4.78, 5) is 29.8. The van der Waals surface area contributed by atoms with Crippen molar-refractivity contribution in [3.05, 3.63) is 59.2 Å². The average molecular weight is 483 g/mol. The fraction of sp³-hybridized carbons (Fsp3) is 0.407. The Morgan fingerprint density at radius 1 is 1.03 bits per heavy atom. The van der Waals surface area contributed by atoms with Gasteiger partial charge in [0.25, 0.3) is 11.7 Å². The second-order valence-corrected chi connectivity index (χ2v) is 8.95. The van der Waals surface area contributed by atoms with Crippen LogP contribution in [0.25, 0.3) is 5.76 Å². The summed E-state index contributed by atoms with van der Waals surface area (Å²) in [5.74, 6) is 0.0755. The molecule has 1 aliphatic heterocycles. The maximum absolute atomic E-state index is 13.2. The van der Waals surface area contributed by atoms with E-state index in [2.05, 4.69) is 0 Å². The van der Waals surface area contributed by atoms with E-state index in [0.717, 1.165) is 6.54 Å². The minimum absolute atomic E-state index is 0.00647. The lowest BCUT2D eigenvalue weighted by atomic mass is 9.95. The van der Waals surface area contributed by atoms with Crippen molar-refractivity contribution in [3.8, 4) is 17.2 Å². The maximum atomic E-state index is 13.2. The molecule has 1 fully saturated rings. The van der Waals surface area contributed by atoms with E-state index in [9.17, 15) is 14.7 Å². The van der Waals surface area contributed by atoms with E-state index in [1.54, 1.807) is 42.5 Å². The minimum atomic E-state index is -0.761. The van der Waals surface area contributed by atoms with Gasteiger partial charge in [0.15, 0.2) is 11.5 Å². The minimum Gasteiger partial charge on any atom is -0.507 e. The largest absolute Gasteiger partial charge is 0.507 e. The summed E-state index contributed by atoms with van der Waals surface area (Å²) in [6.45, 7) is 4.96. The van der Waals surface area contributed by atoms with Crippen molar-refractivity contribution in [3.63, 3.8) is 0 Å². The normalized spacial score (nSPS) is 17.4. The number of rotatable bonds is 10. The van der Waals surface area contributed by atoms with Gasteiger partial charge in [-0.3, -0.25) is 9.59 Å². The molecule has 2 aromatic carbocycles. The van der Waals surface area contributed by atoms with E-state index in [0.29, 0.717) is 41.3 Å². The van der Waals surface area contributed by atoms with Gasteiger partial charge in [-0.25, -0.2) is 0 Å². The highest BCUT2D eigenvalue weighted by atomic mass is 16.5. The number of hydrogen-bond acceptors (Lipinski definition) is 7. The van der Waals surface area contributed by atoms with Crippen molar-refractivity contribution >= 4 is 17.4 Å². The SMILES string of the molecule is COc1ccc(C2C(=C(O)c3ccc(OC(C)C)cc3)C(=O)C(=O)N2CCCN(C)C)cc1OC. The fourth-order valence-electron chi connectivity index (χ4n) is 4.16. The standard InChI is InChI=1S/C27H34N2O6/c1-17(2)35-20-11-8-18(9-12-20)25(30)23-24(19-10-13-21(33-5)22(16-19)34-6)29(27(32)26(23)31)15-7-14-28(3)4/h8-13,16-17,24,30H,7,14-15H2,1-6H3. The first kappa shape index (κ1) is 26.1. The molecular weight excluding hydrogens is 448 g/mol. The van der Waals surface area contributed by atoms with E-state index < -0.39 is 17.7 Å². The molecular formula is C27H34N2O6. The Morgan fingerprint density at radius 2 is 1.69 bits per heavy atom. The van der Waals surface area contributed by atoms with Gasteiger partial charge < -0.3 is 29.1 Å². The lowest BCUT2D eigenvalue weighted by Gasteiger charge is -2.26. The van der Waals surface area contributed by atoms with Crippen LogP contribution in [0.15, 0.2) is 48.0 Å². The molecule has 1 saturated heterocycles. The quantitative estimate of drug-likeness (QED) is 0.312. The van der Waals surface area contributed by atoms with E-state index in [-0.39, 0.29) is 17.4 Å². The second kappa shape index (κ2) is 11.3. The molecule has 188 valence electrons. The van der Waals surface area contributed by atoms with Crippen molar-refractivity contribution in [2.75, 3.05) is 41.4 Å². The third-order valence-electron chi connectivity index (χ3n) is 5.77. The number of carbonyl (C=O) groups excluding carboxylic acids is 2. The highest BCUT2D eigenvalue weighted by molar-refractivity contribution is 6.46. The Morgan fingerprint density at radius 3 is 2.26 bits per heavy atom. The first-order chi connectivity index (χ1) is 16.7. The molecule has 1 amide bonds. The van der Waals surface area contributed by atoms with Crippen LogP contribution >= 0.6 is 0 Å². The molecule has 1 atom stereocenters. The number of benzene rings is 2. The van der Waals surface area contributed by atoms with Crippen LogP contribution < -0.4 is 14.2 Å². The highest BCUT2D eigenvalue weighted by Crippen LogP contribution is 2.42. The van der Waals surface area contributed by atoms with Crippen LogP contribution in [0.2, 0.25) is 0 Å². The van der Waals surface area contributed by atoms with Gasteiger partial charge in [-0.1, -0.05) is 6.07 Å². The third kappa shape index (κ3) is 5.77. The van der Waals surface area contributed by atoms with Crippen LogP contribution in [0.4, 0.5) is 0 Å². The summed E-state index contributed by atoms with van der Waals surface area (Å²) in [5, 5.41) is 11.2. The molecule has 1 heterocycles. The zero-order valence-electron chi connectivity index (χ0n) is 21.2. The van der Waals surface area contributed by atoms with Gasteiger partial charge in [-0.05, 0) is 82.9 Å². The fourth-order valence-corrected chi connectivity index (χ4v) is 4.16. The summed E-state index contributed by atoms with van der Waals surface area (Å²) in [6, 6.07) is 11.3. The molecule has 0 spiro atoms. The van der Waals surface area contributed by atoms with Crippen LogP contribution in [0.5, 0.6) is 17.2 Å². The number of carbonyl (C=O) groups is 2. The number of ether oxygens (including phenoxy) is 3. The number of methoxy groups -OCH3 is 2. The molecule has 1 unspecified atom stereocenters. The molecule has 8 nitrogen and oxygen atoms in total. The molecule has 0 aliphatic carbocycles. The number of Topliss-reactive ketones (excluding diaryl/α,β-unsaturated/α-hetero) is 1. The molecule has 8 heteroatoms. The summed E-state index contributed by atoms with van der Waals surface area (Å²) >= 11 is 0. The third-order valence-corrected chi connectivity index (χ3v) is 5.77. The van der Waals surface area contributed by atoms with Gasteiger partial charge >= 0.3 is 0 Å². The van der Waals surface area contributed by atoms with Crippen molar-refractivity contribution in [1.29, 1.82) is 0 Å². The Labute approximate surface area is 206 Å². The molecule has 35 heavy (non-hydrogen) atoms. The van der Waals surface area contributed by atoms with Crippen LogP contribution in [0.1, 0.15) is 37.4 Å². The zero-order valence-corrected chi connectivity index (χ0v) is 21.2. The van der Waals surface area contributed by atoms with Gasteiger partial charge in [-0.2, -0.15) is 0 Å². The van der Waals surface area contributed by atoms with Gasteiger partial charge in [0, 0.05) is 12.1 Å². The summed E-state index contributed by atoms with van der Waals surface area (Å²) < 4.78 is 16.5. The molecule has 0 bridgehead atoms. The predicted molar refractivity (Wildman–Crippen MR) is 134 cm³/mol. The Bertz CT molecular complexity index is 1090. The lowest BCUT2D eigenvalue weighted by Crippen LogP contribution is -2.32. The second-order valence-electron chi connectivity index (χ2n) is 8.95. The molecule has 0 radical (unpaired) electrons. The maximum Gasteiger partial charge on any atom is 0.295 e. The van der Waals surface area contributed by atoms with Gasteiger partial charge in [-0.15, -0.1) is 0 Å². The molecule has 0 aromatic heterocycles. The summed E-state index contributed by atoms with van der Waals surface area (Å²) in [6.07, 6.45) is 0.678. The summed E-state index contributed by atoms with van der Waals surface area (Å²) in [5.41, 5.74) is 1.12. The number of aliphatic hydroxyl groups excluding tert-OH is 1. The summed E-state index contributed by atoms with van der Waals surface area (Å²) in [7, 11) is 6.97. The molecule has 2 aromatic rings. The van der Waals surface area contributed by atoms with Crippen LogP contribution in [0, 0.1) is 0 Å². The lowest BCUT2D eigenvalue weighted by molar-refractivity contribution is -0.139. The number of ketones is 1. The Hall–Kier alpha value is -3.52. The van der Waals surface area contributed by atoms with Crippen molar-refractivity contribution in [2.24, 2.45) is 0 Å². The van der Waals surface area contributed by atoms with Crippen LogP contribution in [0.3, 0.4) is 0 Å². The average Bonchev–Trinajstić information content (AvgIpc) is 3.08. The predicted octanol–water partition coefficient (Wildman–Crippen LogP) is 3.86. The number of likely N-dealkylation sites (tertiary alicyclic amines) is 1. The molecule has 0 saturated carbocycles. The van der Waals surface area contributed by atoms with Crippen LogP contribution in [-0.4, -0.2) is 74.1 Å². The van der Waals surface area contributed by atoms with E-state index >= 15 is 0 Å². The molecule has 3 rings (SSSR count). The van der Waals surface area contributed by atoms with E-state index in [4.69, 9.17) is 14.2 Å². The highest BCUT2D eigenvalue weighted by Gasteiger charge is 2.46. The number of amides is 1. The van der Waals surface area contributed by atoms with E-state index in [1.165, 1.54) is 19.1 Å². The molecule has 1 N–H and O–H groups in total. The number of nitrogens with zero attached hydrogens (tertiary/aromatic N) is 2. The van der Waals surface area contributed by atoms with Crippen molar-refractivity contribution in [1.82, 2.24) is 9.80 Å².